The van der Waals surface area contributed by atoms with Gasteiger partial charge in [-0.05, 0) is 19.1 Å². The highest BCUT2D eigenvalue weighted by Crippen LogP contribution is 2.25. The molecule has 1 unspecified atom stereocenters. The molecule has 1 rings (SSSR count). The summed E-state index contributed by atoms with van der Waals surface area (Å²) >= 11 is 6.01. The molecule has 0 aliphatic heterocycles. The summed E-state index contributed by atoms with van der Waals surface area (Å²) < 4.78 is 5.15. The number of methoxy groups -OCH3 is 1. The molecule has 0 heterocycles. The number of hydrogen-bond acceptors (Lipinski definition) is 3. The summed E-state index contributed by atoms with van der Waals surface area (Å²) in [6, 6.07) is 4.79. The number of ether oxygens (including phenoxy) is 1. The monoisotopic (exact) mass is 242 g/mol. The summed E-state index contributed by atoms with van der Waals surface area (Å²) in [5.74, 6) is 0.430. The molecule has 0 spiro atoms. The van der Waals surface area contributed by atoms with E-state index in [1.807, 2.05) is 0 Å². The summed E-state index contributed by atoms with van der Waals surface area (Å²) in [4.78, 5) is 11.3. The van der Waals surface area contributed by atoms with E-state index in [0.717, 1.165) is 5.56 Å². The molecular formula is C11H15ClN2O2. The van der Waals surface area contributed by atoms with Gasteiger partial charge in [-0.25, -0.2) is 0 Å². The molecule has 4 nitrogen and oxygen atoms in total. The Morgan fingerprint density at radius 3 is 2.88 bits per heavy atom. The average Bonchev–Trinajstić information content (AvgIpc) is 2.26. The fraction of sp³-hybridized carbons (Fsp3) is 0.364. The van der Waals surface area contributed by atoms with Crippen LogP contribution in [-0.4, -0.2) is 19.1 Å². The van der Waals surface area contributed by atoms with Crippen molar-refractivity contribution in [1.82, 2.24) is 5.32 Å². The van der Waals surface area contributed by atoms with Gasteiger partial charge in [0.2, 0.25) is 5.91 Å². The highest BCUT2D eigenvalue weighted by molar-refractivity contribution is 6.31. The average molecular weight is 243 g/mol. The molecule has 0 radical (unpaired) electrons. The van der Waals surface area contributed by atoms with Crippen molar-refractivity contribution in [3.63, 3.8) is 0 Å². The van der Waals surface area contributed by atoms with Gasteiger partial charge in [0.05, 0.1) is 13.2 Å². The zero-order valence-electron chi connectivity index (χ0n) is 9.29. The Kier molecular flexibility index (Phi) is 4.58. The van der Waals surface area contributed by atoms with Crippen LogP contribution in [0.15, 0.2) is 18.2 Å². The summed E-state index contributed by atoms with van der Waals surface area (Å²) in [5, 5.41) is 3.25. The number of rotatable bonds is 4. The lowest BCUT2D eigenvalue weighted by molar-refractivity contribution is -0.122. The van der Waals surface area contributed by atoms with Crippen LogP contribution < -0.4 is 15.8 Å². The van der Waals surface area contributed by atoms with Gasteiger partial charge in [-0.1, -0.05) is 17.7 Å². The molecule has 1 aromatic carbocycles. The molecule has 5 heteroatoms. The van der Waals surface area contributed by atoms with E-state index in [2.05, 4.69) is 5.32 Å². The van der Waals surface area contributed by atoms with E-state index < -0.39 is 6.04 Å². The number of carbonyl (C=O) groups is 1. The van der Waals surface area contributed by atoms with Gasteiger partial charge in [0.15, 0.2) is 0 Å². The number of nitrogens with one attached hydrogen (secondary N) is 1. The number of carbonyl (C=O) groups excluding carboxylic acids is 1. The first kappa shape index (κ1) is 12.8. The molecule has 0 saturated heterocycles. The second kappa shape index (κ2) is 5.72. The van der Waals surface area contributed by atoms with Crippen molar-refractivity contribution in [2.24, 2.45) is 5.73 Å². The van der Waals surface area contributed by atoms with E-state index in [4.69, 9.17) is 22.1 Å². The van der Waals surface area contributed by atoms with Crippen LogP contribution in [0, 0.1) is 0 Å². The first-order chi connectivity index (χ1) is 7.56. The maximum absolute atomic E-state index is 11.3. The van der Waals surface area contributed by atoms with Crippen molar-refractivity contribution in [2.75, 3.05) is 7.11 Å². The second-order valence-corrected chi connectivity index (χ2v) is 3.83. The van der Waals surface area contributed by atoms with Crippen LogP contribution in [0.2, 0.25) is 5.02 Å². The normalized spacial score (nSPS) is 12.0. The number of hydrogen-bond donors (Lipinski definition) is 2. The van der Waals surface area contributed by atoms with Gasteiger partial charge in [-0.2, -0.15) is 0 Å². The largest absolute Gasteiger partial charge is 0.496 e. The Balaban J connectivity index is 2.76. The molecule has 1 aromatic rings. The Morgan fingerprint density at radius 1 is 1.62 bits per heavy atom. The van der Waals surface area contributed by atoms with E-state index in [0.29, 0.717) is 17.3 Å². The Hall–Kier alpha value is -1.26. The Labute approximate surface area is 99.7 Å². The van der Waals surface area contributed by atoms with Crippen LogP contribution in [0.5, 0.6) is 5.75 Å². The van der Waals surface area contributed by atoms with Crippen LogP contribution in [0.4, 0.5) is 0 Å². The van der Waals surface area contributed by atoms with Crippen molar-refractivity contribution in [1.29, 1.82) is 0 Å². The topological polar surface area (TPSA) is 64.3 Å². The molecule has 0 aromatic heterocycles. The number of nitrogens with two attached hydrogens (primary N) is 1. The molecule has 0 saturated carbocycles. The van der Waals surface area contributed by atoms with E-state index in [1.165, 1.54) is 0 Å². The van der Waals surface area contributed by atoms with Gasteiger partial charge in [-0.15, -0.1) is 0 Å². The minimum atomic E-state index is -0.534. The van der Waals surface area contributed by atoms with Gasteiger partial charge in [-0.3, -0.25) is 4.79 Å². The predicted octanol–water partition coefficient (Wildman–Crippen LogP) is 1.31. The smallest absolute Gasteiger partial charge is 0.236 e. The minimum absolute atomic E-state index is 0.220. The lowest BCUT2D eigenvalue weighted by atomic mass is 10.2. The third-order valence-electron chi connectivity index (χ3n) is 2.15. The Bertz CT molecular complexity index is 380. The predicted molar refractivity (Wildman–Crippen MR) is 63.5 cm³/mol. The highest BCUT2D eigenvalue weighted by atomic mass is 35.5. The number of benzene rings is 1. The second-order valence-electron chi connectivity index (χ2n) is 3.43. The molecule has 0 bridgehead atoms. The summed E-state index contributed by atoms with van der Waals surface area (Å²) in [6.45, 7) is 1.93. The van der Waals surface area contributed by atoms with Gasteiger partial charge < -0.3 is 15.8 Å². The van der Waals surface area contributed by atoms with Crippen molar-refractivity contribution in [3.05, 3.63) is 28.8 Å². The van der Waals surface area contributed by atoms with Crippen LogP contribution >= 0.6 is 11.6 Å². The molecule has 0 aliphatic rings. The van der Waals surface area contributed by atoms with E-state index in [-0.39, 0.29) is 5.91 Å². The van der Waals surface area contributed by atoms with Crippen molar-refractivity contribution < 1.29 is 9.53 Å². The summed E-state index contributed by atoms with van der Waals surface area (Å²) in [6.07, 6.45) is 0. The third-order valence-corrected chi connectivity index (χ3v) is 2.50. The SMILES string of the molecule is COc1cccc(Cl)c1CNC(=O)C(C)N. The molecule has 0 fully saturated rings. The van der Waals surface area contributed by atoms with Crippen LogP contribution in [0.25, 0.3) is 0 Å². The van der Waals surface area contributed by atoms with Gasteiger partial charge in [0, 0.05) is 17.1 Å². The molecule has 3 N–H and O–H groups in total. The minimum Gasteiger partial charge on any atom is -0.496 e. The van der Waals surface area contributed by atoms with Crippen molar-refractivity contribution in [3.8, 4) is 5.75 Å². The highest BCUT2D eigenvalue weighted by Gasteiger charge is 2.11. The number of halogens is 1. The van der Waals surface area contributed by atoms with Crippen LogP contribution in [-0.2, 0) is 11.3 Å². The molecule has 1 atom stereocenters. The molecule has 88 valence electrons. The van der Waals surface area contributed by atoms with Crippen molar-refractivity contribution >= 4 is 17.5 Å². The fourth-order valence-electron chi connectivity index (χ4n) is 1.24. The lowest BCUT2D eigenvalue weighted by Crippen LogP contribution is -2.37. The van der Waals surface area contributed by atoms with Crippen molar-refractivity contribution in [2.45, 2.75) is 19.5 Å². The van der Waals surface area contributed by atoms with E-state index in [9.17, 15) is 4.79 Å². The maximum Gasteiger partial charge on any atom is 0.236 e. The zero-order chi connectivity index (χ0) is 12.1. The maximum atomic E-state index is 11.3. The fourth-order valence-corrected chi connectivity index (χ4v) is 1.47. The van der Waals surface area contributed by atoms with Gasteiger partial charge in [0.25, 0.3) is 0 Å². The lowest BCUT2D eigenvalue weighted by Gasteiger charge is -2.12. The first-order valence-corrected chi connectivity index (χ1v) is 5.28. The zero-order valence-corrected chi connectivity index (χ0v) is 10.0. The van der Waals surface area contributed by atoms with Gasteiger partial charge >= 0.3 is 0 Å². The van der Waals surface area contributed by atoms with Gasteiger partial charge in [0.1, 0.15) is 5.75 Å². The summed E-state index contributed by atoms with van der Waals surface area (Å²) in [7, 11) is 1.56. The van der Waals surface area contributed by atoms with Crippen LogP contribution in [0.1, 0.15) is 12.5 Å². The quantitative estimate of drug-likeness (QED) is 0.837. The first-order valence-electron chi connectivity index (χ1n) is 4.91. The number of amides is 1. The Morgan fingerprint density at radius 2 is 2.31 bits per heavy atom. The summed E-state index contributed by atoms with van der Waals surface area (Å²) in [5.41, 5.74) is 6.18. The molecule has 1 amide bonds. The third kappa shape index (κ3) is 3.12. The van der Waals surface area contributed by atoms with E-state index in [1.54, 1.807) is 32.2 Å². The molecular weight excluding hydrogens is 228 g/mol. The standard InChI is InChI=1S/C11H15ClN2O2/c1-7(13)11(15)14-6-8-9(12)4-3-5-10(8)16-2/h3-5,7H,6,13H2,1-2H3,(H,14,15). The molecule has 16 heavy (non-hydrogen) atoms. The van der Waals surface area contributed by atoms with E-state index >= 15 is 0 Å². The van der Waals surface area contributed by atoms with Crippen LogP contribution in [0.3, 0.4) is 0 Å². The molecule has 0 aliphatic carbocycles.